The molecule has 0 radical (unpaired) electrons. The average Bonchev–Trinajstić information content (AvgIpc) is 3.02. The Bertz CT molecular complexity index is 640. The topological polar surface area (TPSA) is 59.1 Å². The van der Waals surface area contributed by atoms with Gasteiger partial charge < -0.3 is 19.3 Å². The van der Waals surface area contributed by atoms with E-state index in [-0.39, 0.29) is 24.4 Å². The number of hydrogen-bond donors (Lipinski definition) is 0. The molecule has 0 bridgehead atoms. The highest BCUT2D eigenvalue weighted by Crippen LogP contribution is 2.33. The minimum Gasteiger partial charge on any atom is -0.454 e. The molecule has 0 saturated carbocycles. The van der Waals surface area contributed by atoms with Crippen molar-refractivity contribution in [2.24, 2.45) is 5.92 Å². The lowest BCUT2D eigenvalue weighted by Gasteiger charge is -2.40. The van der Waals surface area contributed by atoms with Crippen molar-refractivity contribution in [2.45, 2.75) is 26.3 Å². The van der Waals surface area contributed by atoms with Crippen LogP contribution in [0.25, 0.3) is 0 Å². The summed E-state index contributed by atoms with van der Waals surface area (Å²) in [6.07, 6.45) is 1.09. The number of carbonyl (C=O) groups excluding carboxylic acids is 2. The fourth-order valence-electron chi connectivity index (χ4n) is 3.17. The number of amides is 1. The van der Waals surface area contributed by atoms with Crippen LogP contribution >= 0.6 is 0 Å². The predicted molar refractivity (Wildman–Crippen MR) is 89.3 cm³/mol. The van der Waals surface area contributed by atoms with E-state index in [2.05, 4.69) is 11.8 Å². The van der Waals surface area contributed by atoms with Gasteiger partial charge in [0.25, 0.3) is 0 Å². The van der Waals surface area contributed by atoms with Crippen molar-refractivity contribution >= 4 is 11.7 Å². The van der Waals surface area contributed by atoms with Crippen molar-refractivity contribution in [3.63, 3.8) is 0 Å². The number of ketones is 1. The molecule has 0 spiro atoms. The molecule has 3 rings (SSSR count). The van der Waals surface area contributed by atoms with E-state index in [1.165, 1.54) is 0 Å². The van der Waals surface area contributed by atoms with E-state index in [4.69, 9.17) is 9.47 Å². The first kappa shape index (κ1) is 16.8. The van der Waals surface area contributed by atoms with Crippen molar-refractivity contribution in [1.82, 2.24) is 9.80 Å². The monoisotopic (exact) mass is 332 g/mol. The van der Waals surface area contributed by atoms with Gasteiger partial charge in [0.05, 0.1) is 12.0 Å². The Balaban J connectivity index is 1.62. The number of fused-ring (bicyclic) bond motifs is 1. The second-order valence-electron chi connectivity index (χ2n) is 6.51. The quantitative estimate of drug-likeness (QED) is 0.743. The summed E-state index contributed by atoms with van der Waals surface area (Å²) in [4.78, 5) is 29.1. The van der Waals surface area contributed by atoms with Crippen LogP contribution in [-0.2, 0) is 4.79 Å². The summed E-state index contributed by atoms with van der Waals surface area (Å²) in [5.41, 5.74) is 0.535. The zero-order valence-corrected chi connectivity index (χ0v) is 14.4. The van der Waals surface area contributed by atoms with Gasteiger partial charge in [0.15, 0.2) is 17.3 Å². The van der Waals surface area contributed by atoms with Gasteiger partial charge in [-0.2, -0.15) is 0 Å². The molecule has 1 aromatic rings. The Kier molecular flexibility index (Phi) is 4.76. The van der Waals surface area contributed by atoms with Gasteiger partial charge >= 0.3 is 0 Å². The number of ether oxygens (including phenoxy) is 2. The zero-order valence-electron chi connectivity index (χ0n) is 14.4. The Morgan fingerprint density at radius 1 is 1.29 bits per heavy atom. The number of likely N-dealkylation sites (tertiary alicyclic amines) is 1. The molecule has 1 amide bonds. The standard InChI is InChI=1S/C18H24N2O4/c1-4-7-20-9-14(10-20)18(22)19(3)12(2)17(21)13-5-6-15-16(8-13)24-11-23-15/h5-6,8,12,14H,4,7,9-11H2,1-3H3. The Hall–Kier alpha value is -2.08. The molecule has 1 unspecified atom stereocenters. The van der Waals surface area contributed by atoms with E-state index in [0.29, 0.717) is 17.1 Å². The number of benzene rings is 1. The van der Waals surface area contributed by atoms with Crippen molar-refractivity contribution in [3.8, 4) is 11.5 Å². The maximum atomic E-state index is 12.7. The summed E-state index contributed by atoms with van der Waals surface area (Å²) in [6, 6.07) is 4.64. The van der Waals surface area contributed by atoms with Gasteiger partial charge in [-0.15, -0.1) is 0 Å². The molecule has 2 aliphatic rings. The molecule has 2 heterocycles. The third-order valence-corrected chi connectivity index (χ3v) is 4.81. The highest BCUT2D eigenvalue weighted by molar-refractivity contribution is 6.02. The van der Waals surface area contributed by atoms with E-state index < -0.39 is 6.04 Å². The molecule has 1 atom stereocenters. The van der Waals surface area contributed by atoms with Gasteiger partial charge in [0, 0.05) is 25.7 Å². The SMILES string of the molecule is CCCN1CC(C(=O)N(C)C(C)C(=O)c2ccc3c(c2)OCO3)C1. The molecular formula is C18H24N2O4. The first-order valence-electron chi connectivity index (χ1n) is 8.44. The largest absolute Gasteiger partial charge is 0.454 e. The molecule has 130 valence electrons. The number of carbonyl (C=O) groups is 2. The normalized spacial score (nSPS) is 18.1. The summed E-state index contributed by atoms with van der Waals surface area (Å²) in [5.74, 6) is 1.19. The summed E-state index contributed by atoms with van der Waals surface area (Å²) < 4.78 is 10.6. The molecule has 1 aromatic carbocycles. The van der Waals surface area contributed by atoms with E-state index in [1.807, 2.05) is 0 Å². The molecule has 6 nitrogen and oxygen atoms in total. The third-order valence-electron chi connectivity index (χ3n) is 4.81. The van der Waals surface area contributed by atoms with Gasteiger partial charge in [-0.1, -0.05) is 6.92 Å². The molecule has 24 heavy (non-hydrogen) atoms. The smallest absolute Gasteiger partial charge is 0.231 e. The molecule has 1 fully saturated rings. The lowest BCUT2D eigenvalue weighted by Crippen LogP contribution is -2.56. The van der Waals surface area contributed by atoms with Crippen molar-refractivity contribution in [3.05, 3.63) is 23.8 Å². The van der Waals surface area contributed by atoms with E-state index in [0.717, 1.165) is 26.1 Å². The van der Waals surface area contributed by atoms with Crippen LogP contribution in [0.15, 0.2) is 18.2 Å². The Morgan fingerprint density at radius 3 is 2.71 bits per heavy atom. The van der Waals surface area contributed by atoms with Gasteiger partial charge in [-0.05, 0) is 38.1 Å². The average molecular weight is 332 g/mol. The second kappa shape index (κ2) is 6.81. The van der Waals surface area contributed by atoms with Crippen LogP contribution in [0.1, 0.15) is 30.6 Å². The molecule has 0 N–H and O–H groups in total. The van der Waals surface area contributed by atoms with Crippen LogP contribution in [-0.4, -0.2) is 61.0 Å². The fourth-order valence-corrected chi connectivity index (χ4v) is 3.17. The summed E-state index contributed by atoms with van der Waals surface area (Å²) in [7, 11) is 1.71. The maximum Gasteiger partial charge on any atom is 0.231 e. The number of nitrogens with zero attached hydrogens (tertiary/aromatic N) is 2. The molecular weight excluding hydrogens is 308 g/mol. The molecule has 1 saturated heterocycles. The van der Waals surface area contributed by atoms with Crippen LogP contribution in [0.3, 0.4) is 0 Å². The lowest BCUT2D eigenvalue weighted by atomic mass is 9.96. The predicted octanol–water partition coefficient (Wildman–Crippen LogP) is 1.79. The van der Waals surface area contributed by atoms with Crippen LogP contribution in [0.5, 0.6) is 11.5 Å². The van der Waals surface area contributed by atoms with E-state index in [9.17, 15) is 9.59 Å². The van der Waals surface area contributed by atoms with Crippen molar-refractivity contribution in [2.75, 3.05) is 33.5 Å². The second-order valence-corrected chi connectivity index (χ2v) is 6.51. The fraction of sp³-hybridized carbons (Fsp3) is 0.556. The van der Waals surface area contributed by atoms with Gasteiger partial charge in [0.2, 0.25) is 12.7 Å². The first-order chi connectivity index (χ1) is 11.5. The van der Waals surface area contributed by atoms with Crippen LogP contribution in [0, 0.1) is 5.92 Å². The highest BCUT2D eigenvalue weighted by Gasteiger charge is 2.36. The van der Waals surface area contributed by atoms with Crippen molar-refractivity contribution < 1.29 is 19.1 Å². The zero-order chi connectivity index (χ0) is 17.3. The van der Waals surface area contributed by atoms with Gasteiger partial charge in [-0.25, -0.2) is 0 Å². The number of Topliss-reactive ketones (excluding diaryl/α,β-unsaturated/α-hetero) is 1. The first-order valence-corrected chi connectivity index (χ1v) is 8.44. The summed E-state index contributed by atoms with van der Waals surface area (Å²) in [6.45, 7) is 6.70. The minimum atomic E-state index is -0.502. The third kappa shape index (κ3) is 3.11. The van der Waals surface area contributed by atoms with Gasteiger partial charge in [-0.3, -0.25) is 9.59 Å². The van der Waals surface area contributed by atoms with Crippen LogP contribution in [0.2, 0.25) is 0 Å². The number of likely N-dealkylation sites (N-methyl/N-ethyl adjacent to an activating group) is 1. The molecule has 0 aromatic heterocycles. The van der Waals surface area contributed by atoms with E-state index in [1.54, 1.807) is 37.1 Å². The molecule has 0 aliphatic carbocycles. The van der Waals surface area contributed by atoms with E-state index >= 15 is 0 Å². The number of rotatable bonds is 6. The molecule has 2 aliphatic heterocycles. The van der Waals surface area contributed by atoms with Gasteiger partial charge in [0.1, 0.15) is 0 Å². The Morgan fingerprint density at radius 2 is 2.00 bits per heavy atom. The lowest BCUT2D eigenvalue weighted by molar-refractivity contribution is -0.140. The summed E-state index contributed by atoms with van der Waals surface area (Å²) >= 11 is 0. The summed E-state index contributed by atoms with van der Waals surface area (Å²) in [5, 5.41) is 0. The van der Waals surface area contributed by atoms with Crippen molar-refractivity contribution in [1.29, 1.82) is 0 Å². The maximum absolute atomic E-state index is 12.7. The minimum absolute atomic E-state index is 0.00792. The van der Waals surface area contributed by atoms with Crippen LogP contribution < -0.4 is 9.47 Å². The van der Waals surface area contributed by atoms with Crippen LogP contribution in [0.4, 0.5) is 0 Å². The molecule has 6 heteroatoms. The highest BCUT2D eigenvalue weighted by atomic mass is 16.7. The number of hydrogen-bond acceptors (Lipinski definition) is 5. The Labute approximate surface area is 142 Å².